The van der Waals surface area contributed by atoms with Gasteiger partial charge in [0.1, 0.15) is 0 Å². The maximum atomic E-state index is 10.9. The molecule has 0 bridgehead atoms. The minimum Gasteiger partial charge on any atom is -0.384 e. The molecule has 0 spiro atoms. The van der Waals surface area contributed by atoms with Crippen LogP contribution in [-0.2, 0) is 5.60 Å². The van der Waals surface area contributed by atoms with Gasteiger partial charge in [0, 0.05) is 18.0 Å². The summed E-state index contributed by atoms with van der Waals surface area (Å²) in [4.78, 5) is 3.75. The molecule has 1 fully saturated rings. The molecular formula is C23H29NOS. The Bertz CT molecular complexity index is 714. The first-order valence-electron chi connectivity index (χ1n) is 9.96. The molecule has 0 radical (unpaired) electrons. The van der Waals surface area contributed by atoms with Gasteiger partial charge in [-0.25, -0.2) is 0 Å². The minimum atomic E-state index is -0.552. The fourth-order valence-electron chi connectivity index (χ4n) is 4.43. The first kappa shape index (κ1) is 18.0. The zero-order valence-corrected chi connectivity index (χ0v) is 16.3. The van der Waals surface area contributed by atoms with Crippen LogP contribution in [0.3, 0.4) is 0 Å². The zero-order chi connectivity index (χ0) is 17.8. The first-order chi connectivity index (χ1) is 12.7. The van der Waals surface area contributed by atoms with Crippen LogP contribution >= 0.6 is 11.3 Å². The third-order valence-electron chi connectivity index (χ3n) is 6.20. The third kappa shape index (κ3) is 4.11. The fraction of sp³-hybridized carbons (Fsp3) is 0.478. The van der Waals surface area contributed by atoms with Crippen LogP contribution in [0, 0.1) is 5.92 Å². The van der Waals surface area contributed by atoms with Crippen molar-refractivity contribution < 1.29 is 5.11 Å². The van der Waals surface area contributed by atoms with Crippen molar-refractivity contribution in [1.29, 1.82) is 0 Å². The van der Waals surface area contributed by atoms with Crippen molar-refractivity contribution in [3.63, 3.8) is 0 Å². The second-order valence-corrected chi connectivity index (χ2v) is 8.83. The molecule has 1 aromatic carbocycles. The van der Waals surface area contributed by atoms with Crippen LogP contribution in [-0.4, -0.2) is 29.6 Å². The summed E-state index contributed by atoms with van der Waals surface area (Å²) in [5.74, 6) is 0.773. The normalized spacial score (nSPS) is 27.3. The van der Waals surface area contributed by atoms with Crippen molar-refractivity contribution in [2.24, 2.45) is 5.92 Å². The topological polar surface area (TPSA) is 23.5 Å². The maximum Gasteiger partial charge on any atom is 0.0988 e. The van der Waals surface area contributed by atoms with E-state index in [0.29, 0.717) is 0 Å². The molecule has 1 saturated carbocycles. The Morgan fingerprint density at radius 2 is 1.88 bits per heavy atom. The molecule has 1 aliphatic heterocycles. The highest BCUT2D eigenvalue weighted by Gasteiger charge is 2.35. The molecule has 2 aliphatic rings. The molecule has 0 amide bonds. The Balaban J connectivity index is 1.23. The molecule has 3 heteroatoms. The van der Waals surface area contributed by atoms with E-state index >= 15 is 0 Å². The number of hydrogen-bond acceptors (Lipinski definition) is 3. The summed E-state index contributed by atoms with van der Waals surface area (Å²) >= 11 is 1.70. The van der Waals surface area contributed by atoms with Crippen LogP contribution in [0.1, 0.15) is 49.0 Å². The average molecular weight is 368 g/mol. The Hall–Kier alpha value is -1.42. The van der Waals surface area contributed by atoms with E-state index in [9.17, 15) is 5.11 Å². The maximum absolute atomic E-state index is 10.9. The third-order valence-corrected chi connectivity index (χ3v) is 7.27. The monoisotopic (exact) mass is 367 g/mol. The molecular weight excluding hydrogens is 338 g/mol. The molecule has 0 atom stereocenters. The van der Waals surface area contributed by atoms with E-state index in [1.165, 1.54) is 30.6 Å². The molecule has 2 aromatic rings. The summed E-state index contributed by atoms with van der Waals surface area (Å²) in [6, 6.07) is 14.9. The van der Waals surface area contributed by atoms with Crippen molar-refractivity contribution in [1.82, 2.24) is 4.90 Å². The number of aliphatic hydroxyl groups is 1. The Labute approximate surface area is 161 Å². The molecule has 0 saturated heterocycles. The van der Waals surface area contributed by atoms with Gasteiger partial charge < -0.3 is 5.11 Å². The highest BCUT2D eigenvalue weighted by atomic mass is 32.1. The van der Waals surface area contributed by atoms with E-state index in [0.717, 1.165) is 49.4 Å². The molecule has 1 aliphatic carbocycles. The summed E-state index contributed by atoms with van der Waals surface area (Å²) in [6.45, 7) is 3.45. The van der Waals surface area contributed by atoms with Gasteiger partial charge in [0.25, 0.3) is 0 Å². The smallest absolute Gasteiger partial charge is 0.0988 e. The van der Waals surface area contributed by atoms with E-state index in [4.69, 9.17) is 0 Å². The van der Waals surface area contributed by atoms with Crippen LogP contribution in [0.15, 0.2) is 53.9 Å². The highest BCUT2D eigenvalue weighted by molar-refractivity contribution is 7.10. The molecule has 1 aromatic heterocycles. The number of rotatable bonds is 5. The van der Waals surface area contributed by atoms with Crippen molar-refractivity contribution in [3.05, 3.63) is 64.4 Å². The quantitative estimate of drug-likeness (QED) is 0.774. The van der Waals surface area contributed by atoms with Gasteiger partial charge in [-0.15, -0.1) is 11.3 Å². The van der Waals surface area contributed by atoms with Gasteiger partial charge in [-0.2, -0.15) is 0 Å². The van der Waals surface area contributed by atoms with Crippen LogP contribution in [0.2, 0.25) is 0 Å². The SMILES string of the molecule is O[C@]1(c2cccs2)CC[C@@H](CCN2CC=C(c3ccccc3)CC2)CC1. The summed E-state index contributed by atoms with van der Waals surface area (Å²) in [7, 11) is 0. The van der Waals surface area contributed by atoms with E-state index in [1.54, 1.807) is 11.3 Å². The van der Waals surface area contributed by atoms with E-state index in [2.05, 4.69) is 58.8 Å². The fourth-order valence-corrected chi connectivity index (χ4v) is 5.31. The van der Waals surface area contributed by atoms with Crippen LogP contribution < -0.4 is 0 Å². The van der Waals surface area contributed by atoms with Gasteiger partial charge >= 0.3 is 0 Å². The Morgan fingerprint density at radius 3 is 2.54 bits per heavy atom. The molecule has 26 heavy (non-hydrogen) atoms. The van der Waals surface area contributed by atoms with Crippen molar-refractivity contribution in [2.45, 2.75) is 44.1 Å². The van der Waals surface area contributed by atoms with Crippen molar-refractivity contribution in [2.75, 3.05) is 19.6 Å². The summed E-state index contributed by atoms with van der Waals surface area (Å²) in [5, 5.41) is 13.0. The number of hydrogen-bond donors (Lipinski definition) is 1. The molecule has 138 valence electrons. The molecule has 1 N–H and O–H groups in total. The lowest BCUT2D eigenvalue weighted by atomic mass is 9.77. The molecule has 4 rings (SSSR count). The lowest BCUT2D eigenvalue weighted by Gasteiger charge is -2.36. The second kappa shape index (κ2) is 8.08. The number of thiophene rings is 1. The molecule has 0 unspecified atom stereocenters. The second-order valence-electron chi connectivity index (χ2n) is 7.89. The Morgan fingerprint density at radius 1 is 1.08 bits per heavy atom. The summed E-state index contributed by atoms with van der Waals surface area (Å²) in [6.07, 6.45) is 9.02. The number of nitrogens with zero attached hydrogens (tertiary/aromatic N) is 1. The van der Waals surface area contributed by atoms with Gasteiger partial charge in [-0.3, -0.25) is 4.90 Å². The van der Waals surface area contributed by atoms with Gasteiger partial charge in [0.05, 0.1) is 5.60 Å². The summed E-state index contributed by atoms with van der Waals surface area (Å²) < 4.78 is 0. The highest BCUT2D eigenvalue weighted by Crippen LogP contribution is 2.42. The molecule has 2 heterocycles. The predicted octanol–water partition coefficient (Wildman–Crippen LogP) is 5.31. The average Bonchev–Trinajstić information content (AvgIpc) is 3.25. The first-order valence-corrected chi connectivity index (χ1v) is 10.8. The van der Waals surface area contributed by atoms with Gasteiger partial charge in [0.15, 0.2) is 0 Å². The lowest BCUT2D eigenvalue weighted by Crippen LogP contribution is -2.34. The minimum absolute atomic E-state index is 0.552. The summed E-state index contributed by atoms with van der Waals surface area (Å²) in [5.41, 5.74) is 2.33. The Kier molecular flexibility index (Phi) is 5.58. The van der Waals surface area contributed by atoms with E-state index < -0.39 is 5.60 Å². The lowest BCUT2D eigenvalue weighted by molar-refractivity contribution is -0.0129. The van der Waals surface area contributed by atoms with E-state index in [1.807, 2.05) is 0 Å². The predicted molar refractivity (Wildman–Crippen MR) is 110 cm³/mol. The zero-order valence-electron chi connectivity index (χ0n) is 15.4. The van der Waals surface area contributed by atoms with E-state index in [-0.39, 0.29) is 0 Å². The van der Waals surface area contributed by atoms with Crippen LogP contribution in [0.5, 0.6) is 0 Å². The standard InChI is InChI=1S/C23H29NOS/c25-23(22-7-4-18-26-22)13-8-19(9-14-23)10-15-24-16-11-21(12-17-24)20-5-2-1-3-6-20/h1-7,11,18-19,25H,8-10,12-17H2/t19-,23-. The van der Waals surface area contributed by atoms with Crippen molar-refractivity contribution >= 4 is 16.9 Å². The molecule has 2 nitrogen and oxygen atoms in total. The van der Waals surface area contributed by atoms with Gasteiger partial charge in [-0.05, 0) is 73.6 Å². The largest absolute Gasteiger partial charge is 0.384 e. The number of benzene rings is 1. The van der Waals surface area contributed by atoms with Crippen molar-refractivity contribution in [3.8, 4) is 0 Å². The van der Waals surface area contributed by atoms with Gasteiger partial charge in [0.2, 0.25) is 0 Å². The van der Waals surface area contributed by atoms with Crippen LogP contribution in [0.25, 0.3) is 5.57 Å². The van der Waals surface area contributed by atoms with Crippen LogP contribution in [0.4, 0.5) is 0 Å². The van der Waals surface area contributed by atoms with Gasteiger partial charge in [-0.1, -0.05) is 42.5 Å².